The van der Waals surface area contributed by atoms with Gasteiger partial charge in [0.25, 0.3) is 5.69 Å². The van der Waals surface area contributed by atoms with Gasteiger partial charge in [-0.05, 0) is 31.9 Å². The molecule has 0 bridgehead atoms. The summed E-state index contributed by atoms with van der Waals surface area (Å²) in [5.74, 6) is -1.14. The monoisotopic (exact) mass is 339 g/mol. The van der Waals surface area contributed by atoms with Gasteiger partial charge in [-0.1, -0.05) is 12.1 Å². The van der Waals surface area contributed by atoms with Gasteiger partial charge in [0.2, 0.25) is 0 Å². The third-order valence-corrected chi connectivity index (χ3v) is 3.51. The molecule has 0 fully saturated rings. The SMILES string of the molecule is CN(C(=O)OCc1ccccc1[N+](=O)[O-])[C@@H](CCCCN)C(=O)O. The third kappa shape index (κ3) is 5.51. The number of ether oxygens (including phenoxy) is 1. The van der Waals surface area contributed by atoms with Crippen LogP contribution >= 0.6 is 0 Å². The fraction of sp³-hybridized carbons (Fsp3) is 0.467. The van der Waals surface area contributed by atoms with E-state index in [9.17, 15) is 24.8 Å². The lowest BCUT2D eigenvalue weighted by atomic mass is 10.1. The topological polar surface area (TPSA) is 136 Å². The van der Waals surface area contributed by atoms with E-state index in [1.807, 2.05) is 0 Å². The predicted octanol–water partition coefficient (Wildman–Crippen LogP) is 1.75. The van der Waals surface area contributed by atoms with Crippen LogP contribution in [0.25, 0.3) is 0 Å². The van der Waals surface area contributed by atoms with Crippen LogP contribution in [0.2, 0.25) is 0 Å². The lowest BCUT2D eigenvalue weighted by molar-refractivity contribution is -0.385. The van der Waals surface area contributed by atoms with Gasteiger partial charge in [0, 0.05) is 13.1 Å². The van der Waals surface area contributed by atoms with Crippen LogP contribution in [0.1, 0.15) is 24.8 Å². The third-order valence-electron chi connectivity index (χ3n) is 3.51. The number of unbranched alkanes of at least 4 members (excludes halogenated alkanes) is 1. The van der Waals surface area contributed by atoms with Gasteiger partial charge >= 0.3 is 12.1 Å². The summed E-state index contributed by atoms with van der Waals surface area (Å²) in [6, 6.07) is 4.84. The predicted molar refractivity (Wildman–Crippen MR) is 85.4 cm³/mol. The van der Waals surface area contributed by atoms with E-state index < -0.39 is 23.0 Å². The first kappa shape index (κ1) is 19.4. The second kappa shape index (κ2) is 9.46. The molecule has 9 nitrogen and oxygen atoms in total. The largest absolute Gasteiger partial charge is 0.480 e. The molecule has 0 unspecified atom stereocenters. The minimum absolute atomic E-state index is 0.161. The molecule has 24 heavy (non-hydrogen) atoms. The minimum atomic E-state index is -1.14. The van der Waals surface area contributed by atoms with Gasteiger partial charge in [-0.15, -0.1) is 0 Å². The number of aliphatic carboxylic acids is 1. The van der Waals surface area contributed by atoms with E-state index in [2.05, 4.69) is 0 Å². The number of nitro benzene ring substituents is 1. The molecule has 0 saturated heterocycles. The summed E-state index contributed by atoms with van der Waals surface area (Å²) in [6.45, 7) is 0.133. The molecule has 1 amide bonds. The quantitative estimate of drug-likeness (QED) is 0.397. The zero-order chi connectivity index (χ0) is 18.1. The Morgan fingerprint density at radius 3 is 2.62 bits per heavy atom. The van der Waals surface area contributed by atoms with Crippen LogP contribution in [0, 0.1) is 10.1 Å². The van der Waals surface area contributed by atoms with Crippen molar-refractivity contribution >= 4 is 17.7 Å². The second-order valence-electron chi connectivity index (χ2n) is 5.19. The molecule has 3 N–H and O–H groups in total. The molecule has 9 heteroatoms. The molecule has 0 spiro atoms. The molecule has 0 aliphatic carbocycles. The smallest absolute Gasteiger partial charge is 0.410 e. The molecule has 1 aromatic rings. The first-order valence-electron chi connectivity index (χ1n) is 7.43. The van der Waals surface area contributed by atoms with Crippen LogP contribution in [-0.4, -0.2) is 46.6 Å². The Labute approximate surface area is 139 Å². The normalized spacial score (nSPS) is 11.6. The number of benzene rings is 1. The van der Waals surface area contributed by atoms with Crippen LogP contribution in [0.5, 0.6) is 0 Å². The summed E-state index contributed by atoms with van der Waals surface area (Å²) < 4.78 is 5.01. The average Bonchev–Trinajstić information content (AvgIpc) is 2.55. The lowest BCUT2D eigenvalue weighted by Crippen LogP contribution is -2.42. The van der Waals surface area contributed by atoms with Crippen LogP contribution in [0.3, 0.4) is 0 Å². The van der Waals surface area contributed by atoms with Crippen LogP contribution < -0.4 is 5.73 Å². The van der Waals surface area contributed by atoms with E-state index in [0.717, 1.165) is 4.90 Å². The number of para-hydroxylation sites is 1. The van der Waals surface area contributed by atoms with E-state index >= 15 is 0 Å². The van der Waals surface area contributed by atoms with Gasteiger partial charge < -0.3 is 15.6 Å². The number of carboxylic acids is 1. The maximum absolute atomic E-state index is 12.0. The first-order valence-corrected chi connectivity index (χ1v) is 7.43. The lowest BCUT2D eigenvalue weighted by Gasteiger charge is -2.24. The zero-order valence-electron chi connectivity index (χ0n) is 13.4. The van der Waals surface area contributed by atoms with Gasteiger partial charge in [-0.25, -0.2) is 9.59 Å². The standard InChI is InChI=1S/C15H21N3O6/c1-17(13(14(19)20)8-4-5-9-16)15(21)24-10-11-6-2-3-7-12(11)18(22)23/h2-3,6-7,13H,4-5,8-10,16H2,1H3,(H,19,20)/t13-/m0/s1. The molecular weight excluding hydrogens is 318 g/mol. The number of carbonyl (C=O) groups excluding carboxylic acids is 1. The summed E-state index contributed by atoms with van der Waals surface area (Å²) in [6.07, 6.45) is 0.621. The van der Waals surface area contributed by atoms with Gasteiger partial charge in [0.1, 0.15) is 12.6 Å². The number of nitrogens with two attached hydrogens (primary N) is 1. The number of amides is 1. The maximum atomic E-state index is 12.0. The molecule has 132 valence electrons. The second-order valence-corrected chi connectivity index (χ2v) is 5.19. The van der Waals surface area contributed by atoms with Crippen LogP contribution in [0.4, 0.5) is 10.5 Å². The van der Waals surface area contributed by atoms with Crippen molar-refractivity contribution in [3.63, 3.8) is 0 Å². The zero-order valence-corrected chi connectivity index (χ0v) is 13.4. The maximum Gasteiger partial charge on any atom is 0.410 e. The molecule has 0 radical (unpaired) electrons. The van der Waals surface area contributed by atoms with E-state index in [0.29, 0.717) is 19.4 Å². The number of nitro groups is 1. The number of hydrogen-bond donors (Lipinski definition) is 2. The summed E-state index contributed by atoms with van der Waals surface area (Å²) in [7, 11) is 1.32. The molecule has 1 atom stereocenters. The Balaban J connectivity index is 2.69. The molecule has 1 rings (SSSR count). The van der Waals surface area contributed by atoms with E-state index in [1.54, 1.807) is 6.07 Å². The Morgan fingerprint density at radius 1 is 1.38 bits per heavy atom. The van der Waals surface area contributed by atoms with Crippen LogP contribution in [-0.2, 0) is 16.1 Å². The molecular formula is C15H21N3O6. The summed E-state index contributed by atoms with van der Waals surface area (Å²) in [4.78, 5) is 34.6. The molecule has 0 aliphatic heterocycles. The fourth-order valence-electron chi connectivity index (χ4n) is 2.14. The fourth-order valence-corrected chi connectivity index (χ4v) is 2.14. The number of likely N-dealkylation sites (N-methyl/N-ethyl adjacent to an activating group) is 1. The number of rotatable bonds is 9. The number of carbonyl (C=O) groups is 2. The first-order chi connectivity index (χ1) is 11.4. The Kier molecular flexibility index (Phi) is 7.63. The van der Waals surface area contributed by atoms with E-state index in [-0.39, 0.29) is 24.3 Å². The highest BCUT2D eigenvalue weighted by Gasteiger charge is 2.27. The van der Waals surface area contributed by atoms with Crippen molar-refractivity contribution in [2.24, 2.45) is 5.73 Å². The van der Waals surface area contributed by atoms with Gasteiger partial charge in [-0.2, -0.15) is 0 Å². The van der Waals surface area contributed by atoms with Crippen LogP contribution in [0.15, 0.2) is 24.3 Å². The van der Waals surface area contributed by atoms with Crippen molar-refractivity contribution in [3.8, 4) is 0 Å². The Hall–Kier alpha value is -2.68. The molecule has 1 aromatic carbocycles. The summed E-state index contributed by atoms with van der Waals surface area (Å²) >= 11 is 0. The Bertz CT molecular complexity index is 592. The molecule has 0 aliphatic rings. The number of hydrogen-bond acceptors (Lipinski definition) is 6. The van der Waals surface area contributed by atoms with Crippen molar-refractivity contribution in [3.05, 3.63) is 39.9 Å². The average molecular weight is 339 g/mol. The van der Waals surface area contributed by atoms with Crippen molar-refractivity contribution < 1.29 is 24.4 Å². The summed E-state index contributed by atoms with van der Waals surface area (Å²) in [5.41, 5.74) is 5.44. The van der Waals surface area contributed by atoms with Crippen molar-refractivity contribution in [2.45, 2.75) is 31.9 Å². The molecule has 0 heterocycles. The van der Waals surface area contributed by atoms with Gasteiger partial charge in [-0.3, -0.25) is 15.0 Å². The van der Waals surface area contributed by atoms with Gasteiger partial charge in [0.15, 0.2) is 0 Å². The van der Waals surface area contributed by atoms with E-state index in [1.165, 1.54) is 25.2 Å². The summed E-state index contributed by atoms with van der Waals surface area (Å²) in [5, 5.41) is 20.1. The Morgan fingerprint density at radius 2 is 2.04 bits per heavy atom. The van der Waals surface area contributed by atoms with Crippen molar-refractivity contribution in [2.75, 3.05) is 13.6 Å². The van der Waals surface area contributed by atoms with E-state index in [4.69, 9.17) is 10.5 Å². The highest BCUT2D eigenvalue weighted by molar-refractivity contribution is 5.79. The molecule has 0 aromatic heterocycles. The highest BCUT2D eigenvalue weighted by Crippen LogP contribution is 2.19. The molecule has 0 saturated carbocycles. The highest BCUT2D eigenvalue weighted by atomic mass is 16.6. The number of nitrogens with zero attached hydrogens (tertiary/aromatic N) is 2. The van der Waals surface area contributed by atoms with Gasteiger partial charge in [0.05, 0.1) is 10.5 Å². The minimum Gasteiger partial charge on any atom is -0.480 e. The number of carboxylic acid groups (broad SMARTS) is 1. The van der Waals surface area contributed by atoms with Crippen molar-refractivity contribution in [1.82, 2.24) is 4.90 Å². The van der Waals surface area contributed by atoms with Crippen molar-refractivity contribution in [1.29, 1.82) is 0 Å².